The first kappa shape index (κ1) is 11.8. The SMILES string of the molecule is CC(N)/C=C/c1ccc(C(F)(F)F)cc1. The maximum absolute atomic E-state index is 12.2. The molecule has 0 aliphatic rings. The first-order valence-electron chi connectivity index (χ1n) is 4.50. The zero-order valence-corrected chi connectivity index (χ0v) is 8.25. The van der Waals surface area contributed by atoms with Crippen LogP contribution in [-0.4, -0.2) is 6.04 Å². The molecule has 0 heterocycles. The van der Waals surface area contributed by atoms with Gasteiger partial charge in [0.25, 0.3) is 0 Å². The molecule has 0 saturated carbocycles. The number of rotatable bonds is 2. The predicted octanol–water partition coefficient (Wildman–Crippen LogP) is 3.07. The molecule has 15 heavy (non-hydrogen) atoms. The molecule has 0 amide bonds. The van der Waals surface area contributed by atoms with Crippen molar-refractivity contribution in [2.24, 2.45) is 5.73 Å². The molecule has 1 aromatic carbocycles. The van der Waals surface area contributed by atoms with Gasteiger partial charge in [-0.25, -0.2) is 0 Å². The third-order valence-electron chi connectivity index (χ3n) is 1.83. The lowest BCUT2D eigenvalue weighted by molar-refractivity contribution is -0.137. The van der Waals surface area contributed by atoms with Gasteiger partial charge in [-0.05, 0) is 24.6 Å². The molecule has 0 bridgehead atoms. The summed E-state index contributed by atoms with van der Waals surface area (Å²) in [5.74, 6) is 0. The molecule has 0 saturated heterocycles. The molecular weight excluding hydrogens is 203 g/mol. The molecule has 1 aromatic rings. The number of benzene rings is 1. The van der Waals surface area contributed by atoms with E-state index >= 15 is 0 Å². The summed E-state index contributed by atoms with van der Waals surface area (Å²) in [6.07, 6.45) is -0.850. The normalized spacial score (nSPS) is 14.5. The standard InChI is InChI=1S/C11H12F3N/c1-8(15)2-3-9-4-6-10(7-5-9)11(12,13)14/h2-8H,15H2,1H3/b3-2+. The van der Waals surface area contributed by atoms with E-state index in [2.05, 4.69) is 0 Å². The van der Waals surface area contributed by atoms with Crippen molar-refractivity contribution in [1.82, 2.24) is 0 Å². The molecule has 1 atom stereocenters. The van der Waals surface area contributed by atoms with Gasteiger partial charge >= 0.3 is 6.18 Å². The molecule has 2 N–H and O–H groups in total. The maximum atomic E-state index is 12.2. The summed E-state index contributed by atoms with van der Waals surface area (Å²) in [6.45, 7) is 1.79. The minimum Gasteiger partial charge on any atom is -0.325 e. The van der Waals surface area contributed by atoms with E-state index in [1.54, 1.807) is 19.1 Å². The highest BCUT2D eigenvalue weighted by molar-refractivity contribution is 5.50. The number of nitrogens with two attached hydrogens (primary N) is 1. The smallest absolute Gasteiger partial charge is 0.325 e. The van der Waals surface area contributed by atoms with E-state index in [1.165, 1.54) is 12.1 Å². The summed E-state index contributed by atoms with van der Waals surface area (Å²) >= 11 is 0. The molecule has 0 aliphatic carbocycles. The first-order valence-corrected chi connectivity index (χ1v) is 4.50. The Bertz CT molecular complexity index is 336. The second kappa shape index (κ2) is 4.49. The van der Waals surface area contributed by atoms with Crippen LogP contribution in [0.4, 0.5) is 13.2 Å². The Morgan fingerprint density at radius 3 is 2.13 bits per heavy atom. The Kier molecular flexibility index (Phi) is 3.52. The van der Waals surface area contributed by atoms with Crippen molar-refractivity contribution in [2.75, 3.05) is 0 Å². The van der Waals surface area contributed by atoms with Crippen molar-refractivity contribution >= 4 is 6.08 Å². The van der Waals surface area contributed by atoms with E-state index in [9.17, 15) is 13.2 Å². The topological polar surface area (TPSA) is 26.0 Å². The molecule has 82 valence electrons. The molecule has 4 heteroatoms. The Morgan fingerprint density at radius 2 is 1.73 bits per heavy atom. The lowest BCUT2D eigenvalue weighted by atomic mass is 10.1. The minimum absolute atomic E-state index is 0.104. The van der Waals surface area contributed by atoms with Crippen LogP contribution < -0.4 is 5.73 Å². The van der Waals surface area contributed by atoms with E-state index < -0.39 is 11.7 Å². The monoisotopic (exact) mass is 215 g/mol. The second-order valence-corrected chi connectivity index (χ2v) is 3.34. The van der Waals surface area contributed by atoms with Gasteiger partial charge in [-0.3, -0.25) is 0 Å². The summed E-state index contributed by atoms with van der Waals surface area (Å²) in [7, 11) is 0. The Hall–Kier alpha value is -1.29. The lowest BCUT2D eigenvalue weighted by Gasteiger charge is -2.06. The highest BCUT2D eigenvalue weighted by Crippen LogP contribution is 2.29. The van der Waals surface area contributed by atoms with Crippen LogP contribution in [0.25, 0.3) is 6.08 Å². The zero-order valence-electron chi connectivity index (χ0n) is 8.25. The van der Waals surface area contributed by atoms with E-state index in [-0.39, 0.29) is 6.04 Å². The van der Waals surface area contributed by atoms with Gasteiger partial charge in [0.15, 0.2) is 0 Å². The van der Waals surface area contributed by atoms with Crippen molar-refractivity contribution < 1.29 is 13.2 Å². The Balaban J connectivity index is 2.82. The van der Waals surface area contributed by atoms with E-state index in [1.807, 2.05) is 0 Å². The summed E-state index contributed by atoms with van der Waals surface area (Å²) in [6, 6.07) is 4.85. The first-order chi connectivity index (χ1) is 6.89. The molecule has 0 aromatic heterocycles. The molecule has 0 fully saturated rings. The Morgan fingerprint density at radius 1 is 1.20 bits per heavy atom. The number of hydrogen-bond acceptors (Lipinski definition) is 1. The van der Waals surface area contributed by atoms with Crippen LogP contribution in [0.2, 0.25) is 0 Å². The van der Waals surface area contributed by atoms with Gasteiger partial charge in [0.05, 0.1) is 5.56 Å². The van der Waals surface area contributed by atoms with Crippen LogP contribution in [-0.2, 0) is 6.18 Å². The van der Waals surface area contributed by atoms with Crippen molar-refractivity contribution in [3.8, 4) is 0 Å². The second-order valence-electron chi connectivity index (χ2n) is 3.34. The molecular formula is C11H12F3N. The van der Waals surface area contributed by atoms with Crippen molar-refractivity contribution in [1.29, 1.82) is 0 Å². The van der Waals surface area contributed by atoms with Crippen LogP contribution in [0.15, 0.2) is 30.3 Å². The van der Waals surface area contributed by atoms with Gasteiger partial charge in [-0.2, -0.15) is 13.2 Å². The maximum Gasteiger partial charge on any atom is 0.416 e. The predicted molar refractivity (Wildman–Crippen MR) is 54.1 cm³/mol. The summed E-state index contributed by atoms with van der Waals surface area (Å²) < 4.78 is 36.6. The average Bonchev–Trinajstić information content (AvgIpc) is 2.14. The van der Waals surface area contributed by atoms with E-state index in [0.29, 0.717) is 5.56 Å². The zero-order chi connectivity index (χ0) is 11.5. The largest absolute Gasteiger partial charge is 0.416 e. The quantitative estimate of drug-likeness (QED) is 0.806. The van der Waals surface area contributed by atoms with Gasteiger partial charge in [0.1, 0.15) is 0 Å². The summed E-state index contributed by atoms with van der Waals surface area (Å²) in [5.41, 5.74) is 5.54. The van der Waals surface area contributed by atoms with Crippen molar-refractivity contribution in [3.05, 3.63) is 41.5 Å². The van der Waals surface area contributed by atoms with Crippen LogP contribution in [0.5, 0.6) is 0 Å². The third-order valence-corrected chi connectivity index (χ3v) is 1.83. The summed E-state index contributed by atoms with van der Waals surface area (Å²) in [4.78, 5) is 0. The third kappa shape index (κ3) is 3.75. The molecule has 1 unspecified atom stereocenters. The van der Waals surface area contributed by atoms with Gasteiger partial charge < -0.3 is 5.73 Å². The highest BCUT2D eigenvalue weighted by atomic mass is 19.4. The fourth-order valence-corrected chi connectivity index (χ4v) is 1.05. The number of alkyl halides is 3. The van der Waals surface area contributed by atoms with Crippen LogP contribution >= 0.6 is 0 Å². The fraction of sp³-hybridized carbons (Fsp3) is 0.273. The van der Waals surface area contributed by atoms with E-state index in [4.69, 9.17) is 5.73 Å². The van der Waals surface area contributed by atoms with Crippen LogP contribution in [0, 0.1) is 0 Å². The molecule has 0 spiro atoms. The molecule has 0 radical (unpaired) electrons. The van der Waals surface area contributed by atoms with Crippen molar-refractivity contribution in [2.45, 2.75) is 19.1 Å². The lowest BCUT2D eigenvalue weighted by Crippen LogP contribution is -2.09. The average molecular weight is 215 g/mol. The number of halogens is 3. The van der Waals surface area contributed by atoms with Crippen molar-refractivity contribution in [3.63, 3.8) is 0 Å². The fourth-order valence-electron chi connectivity index (χ4n) is 1.05. The van der Waals surface area contributed by atoms with Gasteiger partial charge in [0.2, 0.25) is 0 Å². The molecule has 1 nitrogen and oxygen atoms in total. The molecule has 1 rings (SSSR count). The Labute approximate surface area is 86.4 Å². The van der Waals surface area contributed by atoms with Gasteiger partial charge in [-0.1, -0.05) is 24.3 Å². The van der Waals surface area contributed by atoms with Crippen LogP contribution in [0.3, 0.4) is 0 Å². The van der Waals surface area contributed by atoms with Gasteiger partial charge in [-0.15, -0.1) is 0 Å². The highest BCUT2D eigenvalue weighted by Gasteiger charge is 2.29. The van der Waals surface area contributed by atoms with Crippen LogP contribution in [0.1, 0.15) is 18.1 Å². The van der Waals surface area contributed by atoms with E-state index in [0.717, 1.165) is 12.1 Å². The number of hydrogen-bond donors (Lipinski definition) is 1. The van der Waals surface area contributed by atoms with Gasteiger partial charge in [0, 0.05) is 6.04 Å². The summed E-state index contributed by atoms with van der Waals surface area (Å²) in [5, 5.41) is 0. The minimum atomic E-state index is -4.27. The molecule has 0 aliphatic heterocycles.